The van der Waals surface area contributed by atoms with Gasteiger partial charge in [0.1, 0.15) is 6.54 Å². The van der Waals surface area contributed by atoms with Crippen molar-refractivity contribution >= 4 is 17.6 Å². The number of benzene rings is 1. The molecule has 0 aromatic heterocycles. The average Bonchev–Trinajstić information content (AvgIpc) is 2.25. The van der Waals surface area contributed by atoms with E-state index in [9.17, 15) is 4.79 Å². The highest BCUT2D eigenvalue weighted by Crippen LogP contribution is 2.04. The topological polar surface area (TPSA) is 79.5 Å². The van der Waals surface area contributed by atoms with Crippen molar-refractivity contribution in [3.8, 4) is 0 Å². The van der Waals surface area contributed by atoms with Crippen LogP contribution in [0.2, 0.25) is 0 Å². The van der Waals surface area contributed by atoms with Crippen LogP contribution >= 0.6 is 0 Å². The summed E-state index contributed by atoms with van der Waals surface area (Å²) in [4.78, 5) is 15.6. The Hall–Kier alpha value is -2.04. The molecule has 98 valence electrons. The van der Waals surface area contributed by atoms with E-state index in [1.165, 1.54) is 0 Å². The number of para-hydroxylation sites is 1. The summed E-state index contributed by atoms with van der Waals surface area (Å²) in [5.74, 6) is 0.0746. The van der Waals surface area contributed by atoms with Crippen molar-refractivity contribution in [1.29, 1.82) is 0 Å². The van der Waals surface area contributed by atoms with Crippen LogP contribution in [0.15, 0.2) is 35.3 Å². The van der Waals surface area contributed by atoms with E-state index in [1.54, 1.807) is 0 Å². The predicted molar refractivity (Wildman–Crippen MR) is 74.4 cm³/mol. The number of rotatable bonds is 3. The van der Waals surface area contributed by atoms with Crippen LogP contribution in [-0.2, 0) is 4.79 Å². The van der Waals surface area contributed by atoms with Gasteiger partial charge in [0.2, 0.25) is 5.91 Å². The fraction of sp³-hybridized carbons (Fsp3) is 0.385. The molecule has 0 heterocycles. The highest BCUT2D eigenvalue weighted by Gasteiger charge is 2.10. The SMILES string of the molecule is CC(C)(C)NC(N)=NCC(=O)Nc1ccccc1. The van der Waals surface area contributed by atoms with Crippen LogP contribution < -0.4 is 16.4 Å². The molecule has 0 atom stereocenters. The zero-order valence-corrected chi connectivity index (χ0v) is 11.0. The van der Waals surface area contributed by atoms with Crippen LogP contribution in [0, 0.1) is 0 Å². The van der Waals surface area contributed by atoms with Crippen LogP contribution in [0.25, 0.3) is 0 Å². The number of aliphatic imine (C=N–C) groups is 1. The number of carbonyl (C=O) groups is 1. The van der Waals surface area contributed by atoms with E-state index in [4.69, 9.17) is 5.73 Å². The van der Waals surface area contributed by atoms with Gasteiger partial charge in [-0.15, -0.1) is 0 Å². The highest BCUT2D eigenvalue weighted by molar-refractivity contribution is 5.93. The molecule has 0 radical (unpaired) electrons. The minimum absolute atomic E-state index is 0.00378. The molecule has 0 spiro atoms. The molecule has 0 unspecified atom stereocenters. The molecule has 0 fully saturated rings. The number of nitrogens with two attached hydrogens (primary N) is 1. The Labute approximate surface area is 107 Å². The summed E-state index contributed by atoms with van der Waals surface area (Å²) in [6, 6.07) is 9.23. The Morgan fingerprint density at radius 1 is 1.28 bits per heavy atom. The lowest BCUT2D eigenvalue weighted by Gasteiger charge is -2.20. The Bertz CT molecular complexity index is 420. The van der Waals surface area contributed by atoms with Crippen molar-refractivity contribution in [1.82, 2.24) is 5.32 Å². The number of nitrogens with zero attached hydrogens (tertiary/aromatic N) is 1. The van der Waals surface area contributed by atoms with Crippen LogP contribution in [0.3, 0.4) is 0 Å². The van der Waals surface area contributed by atoms with Gasteiger partial charge >= 0.3 is 0 Å². The average molecular weight is 248 g/mol. The van der Waals surface area contributed by atoms with E-state index in [-0.39, 0.29) is 24.0 Å². The van der Waals surface area contributed by atoms with Gasteiger partial charge in [-0.05, 0) is 32.9 Å². The van der Waals surface area contributed by atoms with Gasteiger partial charge in [0, 0.05) is 11.2 Å². The van der Waals surface area contributed by atoms with Crippen LogP contribution in [0.5, 0.6) is 0 Å². The van der Waals surface area contributed by atoms with Crippen molar-refractivity contribution in [2.75, 3.05) is 11.9 Å². The van der Waals surface area contributed by atoms with Gasteiger partial charge in [-0.3, -0.25) is 4.79 Å². The maximum absolute atomic E-state index is 11.6. The first-order valence-corrected chi connectivity index (χ1v) is 5.80. The minimum Gasteiger partial charge on any atom is -0.370 e. The second-order valence-electron chi connectivity index (χ2n) is 4.99. The summed E-state index contributed by atoms with van der Waals surface area (Å²) in [7, 11) is 0. The summed E-state index contributed by atoms with van der Waals surface area (Å²) in [6.45, 7) is 5.92. The predicted octanol–water partition coefficient (Wildman–Crippen LogP) is 1.33. The van der Waals surface area contributed by atoms with Gasteiger partial charge in [-0.1, -0.05) is 18.2 Å². The first-order valence-electron chi connectivity index (χ1n) is 5.80. The van der Waals surface area contributed by atoms with Crippen molar-refractivity contribution in [3.63, 3.8) is 0 Å². The Kier molecular flexibility index (Phi) is 4.71. The molecule has 1 aromatic carbocycles. The van der Waals surface area contributed by atoms with Crippen molar-refractivity contribution < 1.29 is 4.79 Å². The maximum atomic E-state index is 11.6. The van der Waals surface area contributed by atoms with Crippen molar-refractivity contribution in [3.05, 3.63) is 30.3 Å². The molecule has 0 saturated carbocycles. The lowest BCUT2D eigenvalue weighted by molar-refractivity contribution is -0.114. The van der Waals surface area contributed by atoms with Crippen LogP contribution in [0.4, 0.5) is 5.69 Å². The third-order valence-corrected chi connectivity index (χ3v) is 1.95. The largest absolute Gasteiger partial charge is 0.370 e. The van der Waals surface area contributed by atoms with Gasteiger partial charge in [0.15, 0.2) is 5.96 Å². The number of nitrogens with one attached hydrogen (secondary N) is 2. The second kappa shape index (κ2) is 6.05. The molecule has 1 aromatic rings. The summed E-state index contributed by atoms with van der Waals surface area (Å²) in [5.41, 5.74) is 6.25. The molecule has 0 saturated heterocycles. The summed E-state index contributed by atoms with van der Waals surface area (Å²) < 4.78 is 0. The summed E-state index contributed by atoms with van der Waals surface area (Å²) in [5, 5.41) is 5.72. The molecule has 5 nitrogen and oxygen atoms in total. The van der Waals surface area contributed by atoms with E-state index in [2.05, 4.69) is 15.6 Å². The number of guanidine groups is 1. The zero-order chi connectivity index (χ0) is 13.6. The normalized spacial score (nSPS) is 12.1. The van der Waals surface area contributed by atoms with Crippen molar-refractivity contribution in [2.45, 2.75) is 26.3 Å². The van der Waals surface area contributed by atoms with Crippen LogP contribution in [-0.4, -0.2) is 24.0 Å². The molecule has 5 heteroatoms. The molecule has 0 aliphatic carbocycles. The van der Waals surface area contributed by atoms with E-state index < -0.39 is 0 Å². The third kappa shape index (κ3) is 5.89. The van der Waals surface area contributed by atoms with Gasteiger partial charge in [-0.2, -0.15) is 0 Å². The quantitative estimate of drug-likeness (QED) is 0.557. The number of anilines is 1. The molecular weight excluding hydrogens is 228 g/mol. The summed E-state index contributed by atoms with van der Waals surface area (Å²) in [6.07, 6.45) is 0. The monoisotopic (exact) mass is 248 g/mol. The Balaban J connectivity index is 2.44. The Morgan fingerprint density at radius 2 is 1.89 bits per heavy atom. The molecule has 0 bridgehead atoms. The standard InChI is InChI=1S/C13H20N4O/c1-13(2,3)17-12(14)15-9-11(18)16-10-7-5-4-6-8-10/h4-8H,9H2,1-3H3,(H,16,18)(H3,14,15,17). The minimum atomic E-state index is -0.195. The third-order valence-electron chi connectivity index (χ3n) is 1.95. The molecule has 1 amide bonds. The smallest absolute Gasteiger partial charge is 0.246 e. The first kappa shape index (κ1) is 14.0. The fourth-order valence-electron chi connectivity index (χ4n) is 1.30. The lowest BCUT2D eigenvalue weighted by Crippen LogP contribution is -2.45. The van der Waals surface area contributed by atoms with E-state index in [0.29, 0.717) is 0 Å². The fourth-order valence-corrected chi connectivity index (χ4v) is 1.30. The zero-order valence-electron chi connectivity index (χ0n) is 11.0. The second-order valence-corrected chi connectivity index (χ2v) is 4.99. The lowest BCUT2D eigenvalue weighted by atomic mass is 10.1. The van der Waals surface area contributed by atoms with E-state index in [0.717, 1.165) is 5.69 Å². The Morgan fingerprint density at radius 3 is 2.44 bits per heavy atom. The highest BCUT2D eigenvalue weighted by atomic mass is 16.1. The van der Waals surface area contributed by atoms with Gasteiger partial charge in [0.05, 0.1) is 0 Å². The molecule has 1 rings (SSSR count). The van der Waals surface area contributed by atoms with Crippen LogP contribution in [0.1, 0.15) is 20.8 Å². The first-order chi connectivity index (χ1) is 8.37. The molecular formula is C13H20N4O. The number of carbonyl (C=O) groups excluding carboxylic acids is 1. The maximum Gasteiger partial charge on any atom is 0.246 e. The number of hydrogen-bond acceptors (Lipinski definition) is 2. The van der Waals surface area contributed by atoms with Gasteiger partial charge in [-0.25, -0.2) is 4.99 Å². The number of amides is 1. The van der Waals surface area contributed by atoms with Gasteiger partial charge in [0.25, 0.3) is 0 Å². The van der Waals surface area contributed by atoms with E-state index in [1.807, 2.05) is 51.1 Å². The van der Waals surface area contributed by atoms with E-state index >= 15 is 0 Å². The molecule has 0 aliphatic rings. The van der Waals surface area contributed by atoms with Crippen molar-refractivity contribution in [2.24, 2.45) is 10.7 Å². The molecule has 0 aliphatic heterocycles. The molecule has 18 heavy (non-hydrogen) atoms. The van der Waals surface area contributed by atoms with Gasteiger partial charge < -0.3 is 16.4 Å². The summed E-state index contributed by atoms with van der Waals surface area (Å²) >= 11 is 0. The molecule has 4 N–H and O–H groups in total. The number of hydrogen-bond donors (Lipinski definition) is 3.